The Morgan fingerprint density at radius 1 is 1.38 bits per heavy atom. The third-order valence-electron chi connectivity index (χ3n) is 3.88. The van der Waals surface area contributed by atoms with Crippen LogP contribution in [0.2, 0.25) is 0 Å². The molecule has 3 rings (SSSR count). The van der Waals surface area contributed by atoms with Crippen LogP contribution in [0, 0.1) is 13.8 Å². The van der Waals surface area contributed by atoms with Crippen molar-refractivity contribution in [2.45, 2.75) is 32.6 Å². The maximum absolute atomic E-state index is 12.1. The Hall–Kier alpha value is -2.17. The quantitative estimate of drug-likeness (QED) is 0.864. The first-order valence-electron chi connectivity index (χ1n) is 7.25. The maximum Gasteiger partial charge on any atom is 0.223 e. The van der Waals surface area contributed by atoms with Crippen LogP contribution in [0.1, 0.15) is 35.2 Å². The first-order valence-corrected chi connectivity index (χ1v) is 7.25. The van der Waals surface area contributed by atoms with E-state index in [4.69, 9.17) is 4.52 Å². The summed E-state index contributed by atoms with van der Waals surface area (Å²) >= 11 is 0. The van der Waals surface area contributed by atoms with Crippen LogP contribution in [0.3, 0.4) is 0 Å². The van der Waals surface area contributed by atoms with E-state index in [9.17, 15) is 4.79 Å². The molecule has 0 radical (unpaired) electrons. The van der Waals surface area contributed by atoms with E-state index >= 15 is 0 Å². The van der Waals surface area contributed by atoms with Crippen molar-refractivity contribution in [1.29, 1.82) is 0 Å². The predicted molar refractivity (Wildman–Crippen MR) is 77.9 cm³/mol. The molecule has 0 N–H and O–H groups in total. The van der Waals surface area contributed by atoms with Gasteiger partial charge >= 0.3 is 0 Å². The van der Waals surface area contributed by atoms with Crippen LogP contribution >= 0.6 is 0 Å². The number of aryl methyl sites for hydroxylation is 2. The Morgan fingerprint density at radius 2 is 2.24 bits per heavy atom. The van der Waals surface area contributed by atoms with Crippen LogP contribution in [0.15, 0.2) is 28.8 Å². The summed E-state index contributed by atoms with van der Waals surface area (Å²) in [7, 11) is 0. The molecule has 1 amide bonds. The zero-order valence-corrected chi connectivity index (χ0v) is 12.4. The van der Waals surface area contributed by atoms with Gasteiger partial charge in [0.1, 0.15) is 0 Å². The van der Waals surface area contributed by atoms with Crippen molar-refractivity contribution < 1.29 is 9.32 Å². The molecule has 2 aromatic rings. The van der Waals surface area contributed by atoms with E-state index in [0.717, 1.165) is 13.0 Å². The zero-order chi connectivity index (χ0) is 14.8. The average Bonchev–Trinajstić information content (AvgIpc) is 3.03. The molecule has 1 atom stereocenters. The Balaban J connectivity index is 1.60. The molecule has 1 unspecified atom stereocenters. The monoisotopic (exact) mass is 285 g/mol. The SMILES string of the molecule is Cc1cccc(CCN2CC(c3noc(C)n3)CC2=O)c1. The highest BCUT2D eigenvalue weighted by molar-refractivity contribution is 5.79. The van der Waals surface area contributed by atoms with Gasteiger partial charge in [0.15, 0.2) is 5.82 Å². The van der Waals surface area contributed by atoms with Gasteiger partial charge in [0.2, 0.25) is 11.8 Å². The van der Waals surface area contributed by atoms with Crippen molar-refractivity contribution in [3.05, 3.63) is 47.1 Å². The number of carbonyl (C=O) groups excluding carboxylic acids is 1. The summed E-state index contributed by atoms with van der Waals surface area (Å²) in [6.07, 6.45) is 1.36. The molecule has 110 valence electrons. The molecule has 1 aliphatic heterocycles. The second-order valence-corrected chi connectivity index (χ2v) is 5.65. The zero-order valence-electron chi connectivity index (χ0n) is 12.4. The van der Waals surface area contributed by atoms with E-state index in [2.05, 4.69) is 41.3 Å². The van der Waals surface area contributed by atoms with Gasteiger partial charge in [0, 0.05) is 32.4 Å². The molecule has 1 aromatic heterocycles. The van der Waals surface area contributed by atoms with E-state index in [0.29, 0.717) is 24.7 Å². The average molecular weight is 285 g/mol. The van der Waals surface area contributed by atoms with Gasteiger partial charge in [-0.25, -0.2) is 0 Å². The second-order valence-electron chi connectivity index (χ2n) is 5.65. The molecule has 1 aromatic carbocycles. The summed E-state index contributed by atoms with van der Waals surface area (Å²) in [5.74, 6) is 1.44. The fourth-order valence-electron chi connectivity index (χ4n) is 2.77. The van der Waals surface area contributed by atoms with E-state index in [-0.39, 0.29) is 11.8 Å². The number of hydrogen-bond donors (Lipinski definition) is 0. The second kappa shape index (κ2) is 5.68. The smallest absolute Gasteiger partial charge is 0.223 e. The van der Waals surface area contributed by atoms with Crippen molar-refractivity contribution in [1.82, 2.24) is 15.0 Å². The summed E-state index contributed by atoms with van der Waals surface area (Å²) in [5, 5.41) is 3.93. The van der Waals surface area contributed by atoms with Gasteiger partial charge in [0.25, 0.3) is 0 Å². The van der Waals surface area contributed by atoms with Crippen LogP contribution < -0.4 is 0 Å². The number of nitrogens with zero attached hydrogens (tertiary/aromatic N) is 3. The molecule has 1 saturated heterocycles. The number of likely N-dealkylation sites (tertiary alicyclic amines) is 1. The third kappa shape index (κ3) is 3.12. The summed E-state index contributed by atoms with van der Waals surface area (Å²) in [4.78, 5) is 18.2. The van der Waals surface area contributed by atoms with E-state index in [1.165, 1.54) is 11.1 Å². The summed E-state index contributed by atoms with van der Waals surface area (Å²) in [6, 6.07) is 8.41. The fraction of sp³-hybridized carbons (Fsp3) is 0.438. The lowest BCUT2D eigenvalue weighted by Crippen LogP contribution is -2.27. The minimum absolute atomic E-state index is 0.0625. The number of benzene rings is 1. The van der Waals surface area contributed by atoms with E-state index in [1.54, 1.807) is 6.92 Å². The highest BCUT2D eigenvalue weighted by Crippen LogP contribution is 2.26. The maximum atomic E-state index is 12.1. The number of hydrogen-bond acceptors (Lipinski definition) is 4. The van der Waals surface area contributed by atoms with Gasteiger partial charge in [-0.05, 0) is 18.9 Å². The topological polar surface area (TPSA) is 59.2 Å². The first kappa shape index (κ1) is 13.8. The normalized spacial score (nSPS) is 18.5. The van der Waals surface area contributed by atoms with E-state index in [1.807, 2.05) is 4.90 Å². The Bertz CT molecular complexity index is 650. The van der Waals surface area contributed by atoms with Crippen LogP contribution in [0.25, 0.3) is 0 Å². The Kier molecular flexibility index (Phi) is 3.73. The van der Waals surface area contributed by atoms with Crippen molar-refractivity contribution in [3.63, 3.8) is 0 Å². The first-order chi connectivity index (χ1) is 10.1. The van der Waals surface area contributed by atoms with Crippen LogP contribution in [0.4, 0.5) is 0 Å². The molecular weight excluding hydrogens is 266 g/mol. The molecular formula is C16H19N3O2. The molecule has 21 heavy (non-hydrogen) atoms. The number of carbonyl (C=O) groups is 1. The lowest BCUT2D eigenvalue weighted by molar-refractivity contribution is -0.127. The number of rotatable bonds is 4. The molecule has 0 bridgehead atoms. The third-order valence-corrected chi connectivity index (χ3v) is 3.88. The minimum Gasteiger partial charge on any atom is -0.342 e. The highest BCUT2D eigenvalue weighted by atomic mass is 16.5. The summed E-state index contributed by atoms with van der Waals surface area (Å²) in [6.45, 7) is 5.28. The highest BCUT2D eigenvalue weighted by Gasteiger charge is 2.33. The molecule has 1 aliphatic rings. The fourth-order valence-corrected chi connectivity index (χ4v) is 2.77. The lowest BCUT2D eigenvalue weighted by atomic mass is 10.1. The molecule has 0 saturated carbocycles. The largest absolute Gasteiger partial charge is 0.342 e. The van der Waals surface area contributed by atoms with Crippen molar-refractivity contribution >= 4 is 5.91 Å². The molecule has 0 spiro atoms. The van der Waals surface area contributed by atoms with Gasteiger partial charge in [-0.3, -0.25) is 4.79 Å². The van der Waals surface area contributed by atoms with Crippen LogP contribution in [-0.2, 0) is 11.2 Å². The molecule has 1 fully saturated rings. The van der Waals surface area contributed by atoms with Crippen LogP contribution in [-0.4, -0.2) is 34.0 Å². The summed E-state index contributed by atoms with van der Waals surface area (Å²) in [5.41, 5.74) is 2.52. The predicted octanol–water partition coefficient (Wildman–Crippen LogP) is 2.25. The van der Waals surface area contributed by atoms with Crippen molar-refractivity contribution in [2.24, 2.45) is 0 Å². The summed E-state index contributed by atoms with van der Waals surface area (Å²) < 4.78 is 5.00. The molecule has 0 aliphatic carbocycles. The lowest BCUT2D eigenvalue weighted by Gasteiger charge is -2.16. The van der Waals surface area contributed by atoms with Crippen molar-refractivity contribution in [2.75, 3.05) is 13.1 Å². The van der Waals surface area contributed by atoms with Crippen molar-refractivity contribution in [3.8, 4) is 0 Å². The minimum atomic E-state index is 0.0625. The molecule has 5 nitrogen and oxygen atoms in total. The van der Waals surface area contributed by atoms with Gasteiger partial charge in [-0.15, -0.1) is 0 Å². The van der Waals surface area contributed by atoms with Crippen LogP contribution in [0.5, 0.6) is 0 Å². The van der Waals surface area contributed by atoms with Gasteiger partial charge in [-0.1, -0.05) is 35.0 Å². The molecule has 5 heteroatoms. The molecule has 2 heterocycles. The van der Waals surface area contributed by atoms with E-state index < -0.39 is 0 Å². The van der Waals surface area contributed by atoms with Gasteiger partial charge in [-0.2, -0.15) is 4.98 Å². The van der Waals surface area contributed by atoms with Gasteiger partial charge < -0.3 is 9.42 Å². The Morgan fingerprint density at radius 3 is 2.95 bits per heavy atom. The number of amides is 1. The Labute approximate surface area is 124 Å². The number of aromatic nitrogens is 2. The van der Waals surface area contributed by atoms with Gasteiger partial charge in [0.05, 0.1) is 0 Å². The standard InChI is InChI=1S/C16H19N3O2/c1-11-4-3-5-13(8-11)6-7-19-10-14(9-15(19)20)16-17-12(2)21-18-16/h3-5,8,14H,6-7,9-10H2,1-2H3.